The minimum absolute atomic E-state index is 0.685. The van der Waals surface area contributed by atoms with E-state index in [0.717, 1.165) is 28.3 Å². The van der Waals surface area contributed by atoms with Gasteiger partial charge in [-0.05, 0) is 19.1 Å². The molecule has 0 aliphatic rings. The van der Waals surface area contributed by atoms with E-state index in [9.17, 15) is 0 Å². The molecule has 4 nitrogen and oxygen atoms in total. The summed E-state index contributed by atoms with van der Waals surface area (Å²) in [5.74, 6) is 2.34. The van der Waals surface area contributed by atoms with Gasteiger partial charge in [-0.15, -0.1) is 0 Å². The van der Waals surface area contributed by atoms with E-state index in [0.29, 0.717) is 5.89 Å². The van der Waals surface area contributed by atoms with Crippen LogP contribution in [0.15, 0.2) is 35.0 Å². The van der Waals surface area contributed by atoms with Crippen molar-refractivity contribution in [3.8, 4) is 17.1 Å². The van der Waals surface area contributed by atoms with Crippen molar-refractivity contribution in [1.82, 2.24) is 9.38 Å². The zero-order valence-electron chi connectivity index (χ0n) is 10.6. The number of ether oxygens (including phenoxy) is 1. The molecule has 0 spiro atoms. The van der Waals surface area contributed by atoms with Gasteiger partial charge in [0.25, 0.3) is 0 Å². The Morgan fingerprint density at radius 3 is 2.67 bits per heavy atom. The fourth-order valence-corrected chi connectivity index (χ4v) is 2.18. The highest BCUT2D eigenvalue weighted by molar-refractivity contribution is 5.80. The van der Waals surface area contributed by atoms with Gasteiger partial charge in [-0.1, -0.05) is 0 Å². The fourth-order valence-electron chi connectivity index (χ4n) is 2.18. The number of methoxy groups -OCH3 is 1. The number of rotatable bonds is 2. The summed E-state index contributed by atoms with van der Waals surface area (Å²) in [6, 6.07) is 5.95. The van der Waals surface area contributed by atoms with Crippen LogP contribution in [-0.2, 0) is 0 Å². The number of hydrogen-bond donors (Lipinski definition) is 0. The summed E-state index contributed by atoms with van der Waals surface area (Å²) in [6.07, 6.45) is 3.97. The zero-order chi connectivity index (χ0) is 12.7. The first-order chi connectivity index (χ1) is 8.69. The maximum atomic E-state index is 5.68. The third-order valence-electron chi connectivity index (χ3n) is 3.02. The quantitative estimate of drug-likeness (QED) is 0.692. The van der Waals surface area contributed by atoms with Gasteiger partial charge in [0.15, 0.2) is 11.7 Å². The van der Waals surface area contributed by atoms with Gasteiger partial charge in [0.1, 0.15) is 5.75 Å². The summed E-state index contributed by atoms with van der Waals surface area (Å²) in [4.78, 5) is 4.31. The Morgan fingerprint density at radius 1 is 1.22 bits per heavy atom. The van der Waals surface area contributed by atoms with Crippen LogP contribution in [0.4, 0.5) is 0 Å². The van der Waals surface area contributed by atoms with Gasteiger partial charge in [-0.3, -0.25) is 0 Å². The van der Waals surface area contributed by atoms with E-state index < -0.39 is 0 Å². The molecule has 0 aromatic carbocycles. The Morgan fingerprint density at radius 2 is 2.00 bits per heavy atom. The van der Waals surface area contributed by atoms with Crippen molar-refractivity contribution >= 4 is 5.52 Å². The van der Waals surface area contributed by atoms with Crippen LogP contribution in [0.3, 0.4) is 0 Å². The van der Waals surface area contributed by atoms with E-state index in [1.54, 1.807) is 7.11 Å². The monoisotopic (exact) mass is 242 g/mol. The Labute approximate surface area is 105 Å². The van der Waals surface area contributed by atoms with Crippen LogP contribution in [0.5, 0.6) is 5.75 Å². The van der Waals surface area contributed by atoms with Crippen molar-refractivity contribution < 1.29 is 9.15 Å². The highest BCUT2D eigenvalue weighted by atomic mass is 16.5. The molecule has 3 aromatic heterocycles. The summed E-state index contributed by atoms with van der Waals surface area (Å²) >= 11 is 0. The van der Waals surface area contributed by atoms with Crippen LogP contribution < -0.4 is 4.74 Å². The minimum atomic E-state index is 0.685. The number of aromatic nitrogens is 2. The maximum Gasteiger partial charge on any atom is 0.192 e. The SMILES string of the molecule is COc1ccn2ccc(-c3oc(C)nc3C)c2c1. The second kappa shape index (κ2) is 3.91. The number of fused-ring (bicyclic) bond motifs is 1. The first-order valence-corrected chi connectivity index (χ1v) is 5.78. The predicted molar refractivity (Wildman–Crippen MR) is 68.9 cm³/mol. The molecule has 0 atom stereocenters. The molecule has 3 heterocycles. The number of pyridine rings is 1. The molecule has 0 saturated heterocycles. The molecular weight excluding hydrogens is 228 g/mol. The Bertz CT molecular complexity index is 710. The molecule has 0 unspecified atom stereocenters. The van der Waals surface area contributed by atoms with Gasteiger partial charge >= 0.3 is 0 Å². The van der Waals surface area contributed by atoms with Crippen LogP contribution in [0.2, 0.25) is 0 Å². The normalized spacial score (nSPS) is 11.1. The molecule has 0 aliphatic heterocycles. The molecule has 4 heteroatoms. The van der Waals surface area contributed by atoms with Crippen LogP contribution in [-0.4, -0.2) is 16.5 Å². The Balaban J connectivity index is 2.25. The van der Waals surface area contributed by atoms with Crippen molar-refractivity contribution in [1.29, 1.82) is 0 Å². The van der Waals surface area contributed by atoms with Gasteiger partial charge in [0, 0.05) is 30.9 Å². The van der Waals surface area contributed by atoms with Gasteiger partial charge in [-0.2, -0.15) is 0 Å². The van der Waals surface area contributed by atoms with Crippen LogP contribution >= 0.6 is 0 Å². The Kier molecular flexibility index (Phi) is 2.37. The highest BCUT2D eigenvalue weighted by Gasteiger charge is 2.14. The number of hydrogen-bond acceptors (Lipinski definition) is 3. The predicted octanol–water partition coefficient (Wildman–Crippen LogP) is 3.22. The summed E-state index contributed by atoms with van der Waals surface area (Å²) in [5, 5.41) is 0. The van der Waals surface area contributed by atoms with E-state index in [4.69, 9.17) is 9.15 Å². The third-order valence-corrected chi connectivity index (χ3v) is 3.02. The topological polar surface area (TPSA) is 39.7 Å². The summed E-state index contributed by atoms with van der Waals surface area (Å²) < 4.78 is 13.0. The number of oxazole rings is 1. The number of aryl methyl sites for hydroxylation is 2. The summed E-state index contributed by atoms with van der Waals surface area (Å²) in [7, 11) is 1.66. The molecule has 0 aliphatic carbocycles. The lowest BCUT2D eigenvalue weighted by molar-refractivity contribution is 0.414. The first kappa shape index (κ1) is 10.9. The average molecular weight is 242 g/mol. The molecule has 0 bridgehead atoms. The first-order valence-electron chi connectivity index (χ1n) is 5.78. The lowest BCUT2D eigenvalue weighted by Crippen LogP contribution is -1.87. The zero-order valence-corrected chi connectivity index (χ0v) is 10.6. The van der Waals surface area contributed by atoms with Gasteiger partial charge < -0.3 is 13.6 Å². The molecule has 3 rings (SSSR count). The molecule has 18 heavy (non-hydrogen) atoms. The van der Waals surface area contributed by atoms with Crippen molar-refractivity contribution in [3.05, 3.63) is 42.2 Å². The summed E-state index contributed by atoms with van der Waals surface area (Å²) in [6.45, 7) is 3.81. The van der Waals surface area contributed by atoms with Crippen LogP contribution in [0.25, 0.3) is 16.8 Å². The smallest absolute Gasteiger partial charge is 0.192 e. The van der Waals surface area contributed by atoms with E-state index >= 15 is 0 Å². The minimum Gasteiger partial charge on any atom is -0.497 e. The molecule has 0 radical (unpaired) electrons. The highest BCUT2D eigenvalue weighted by Crippen LogP contribution is 2.30. The molecule has 0 fully saturated rings. The van der Waals surface area contributed by atoms with Gasteiger partial charge in [0.2, 0.25) is 0 Å². The lowest BCUT2D eigenvalue weighted by atomic mass is 10.2. The standard InChI is InChI=1S/C14H14N2O2/c1-9-14(18-10(2)15-9)12-5-7-16-6-4-11(17-3)8-13(12)16/h4-8H,1-3H3. The van der Waals surface area contributed by atoms with E-state index in [-0.39, 0.29) is 0 Å². The van der Waals surface area contributed by atoms with Gasteiger partial charge in [-0.25, -0.2) is 4.98 Å². The van der Waals surface area contributed by atoms with Crippen LogP contribution in [0, 0.1) is 13.8 Å². The molecule has 92 valence electrons. The second-order valence-electron chi connectivity index (χ2n) is 4.24. The maximum absolute atomic E-state index is 5.68. The van der Waals surface area contributed by atoms with E-state index in [1.807, 2.05) is 48.8 Å². The van der Waals surface area contributed by atoms with Crippen molar-refractivity contribution in [3.63, 3.8) is 0 Å². The van der Waals surface area contributed by atoms with Gasteiger partial charge in [0.05, 0.1) is 18.3 Å². The molecule has 0 N–H and O–H groups in total. The number of nitrogens with zero attached hydrogens (tertiary/aromatic N) is 2. The Hall–Kier alpha value is -2.23. The molecular formula is C14H14N2O2. The van der Waals surface area contributed by atoms with Crippen LogP contribution in [0.1, 0.15) is 11.6 Å². The largest absolute Gasteiger partial charge is 0.497 e. The molecule has 0 amide bonds. The van der Waals surface area contributed by atoms with E-state index in [2.05, 4.69) is 4.98 Å². The molecule has 3 aromatic rings. The van der Waals surface area contributed by atoms with Crippen molar-refractivity contribution in [2.75, 3.05) is 7.11 Å². The van der Waals surface area contributed by atoms with E-state index in [1.165, 1.54) is 0 Å². The molecule has 0 saturated carbocycles. The fraction of sp³-hybridized carbons (Fsp3) is 0.214. The average Bonchev–Trinajstić information content (AvgIpc) is 2.91. The van der Waals surface area contributed by atoms with Crippen molar-refractivity contribution in [2.45, 2.75) is 13.8 Å². The lowest BCUT2D eigenvalue weighted by Gasteiger charge is -2.02. The summed E-state index contributed by atoms with van der Waals surface area (Å²) in [5.41, 5.74) is 2.99. The van der Waals surface area contributed by atoms with Crippen molar-refractivity contribution in [2.24, 2.45) is 0 Å². The second-order valence-corrected chi connectivity index (χ2v) is 4.24. The third kappa shape index (κ3) is 1.57.